The third-order valence-electron chi connectivity index (χ3n) is 2.81. The number of methoxy groups -OCH3 is 1. The number of ether oxygens (including phenoxy) is 2. The van der Waals surface area contributed by atoms with Crippen molar-refractivity contribution in [1.82, 2.24) is 5.32 Å². The maximum atomic E-state index is 10.7. The molecule has 1 aromatic carbocycles. The highest BCUT2D eigenvalue weighted by Crippen LogP contribution is 2.28. The number of nitrogens with one attached hydrogen (secondary N) is 1. The van der Waals surface area contributed by atoms with Crippen LogP contribution in [0.15, 0.2) is 41.0 Å². The number of furan rings is 1. The van der Waals surface area contributed by atoms with Gasteiger partial charge >= 0.3 is 0 Å². The van der Waals surface area contributed by atoms with Crippen LogP contribution >= 0.6 is 0 Å². The molecule has 0 saturated heterocycles. The van der Waals surface area contributed by atoms with Gasteiger partial charge in [-0.15, -0.1) is 0 Å². The molecule has 0 saturated carbocycles. The van der Waals surface area contributed by atoms with E-state index in [0.717, 1.165) is 11.3 Å². The Morgan fingerprint density at radius 1 is 1.27 bits per heavy atom. The molecule has 0 spiro atoms. The van der Waals surface area contributed by atoms with Crippen molar-refractivity contribution in [3.63, 3.8) is 0 Å². The average Bonchev–Trinajstić information content (AvgIpc) is 2.98. The highest BCUT2D eigenvalue weighted by Gasteiger charge is 2.07. The Kier molecular flexibility index (Phi) is 7.28. The summed E-state index contributed by atoms with van der Waals surface area (Å²) in [5.41, 5.74) is 6.08. The quantitative estimate of drug-likeness (QED) is 0.613. The normalized spacial score (nSPS) is 9.86. The molecule has 0 aliphatic carbocycles. The van der Waals surface area contributed by atoms with E-state index in [0.29, 0.717) is 24.6 Å². The van der Waals surface area contributed by atoms with Crippen molar-refractivity contribution in [1.29, 1.82) is 0 Å². The number of halogens is 1. The van der Waals surface area contributed by atoms with Crippen molar-refractivity contribution in [2.24, 2.45) is 5.73 Å². The molecule has 120 valence electrons. The summed E-state index contributed by atoms with van der Waals surface area (Å²) in [6.45, 7) is 1.13. The SMILES string of the molecule is COc1cc(CNCc2ccco2)ccc1OCC(N)=O.[Cl-]. The molecule has 0 aliphatic heterocycles. The fraction of sp³-hybridized carbons (Fsp3) is 0.267. The van der Waals surface area contributed by atoms with E-state index in [1.165, 1.54) is 0 Å². The van der Waals surface area contributed by atoms with Gasteiger partial charge in [-0.2, -0.15) is 0 Å². The van der Waals surface area contributed by atoms with Crippen molar-refractivity contribution >= 4 is 5.91 Å². The number of benzene rings is 1. The molecule has 0 fully saturated rings. The van der Waals surface area contributed by atoms with Crippen LogP contribution in [-0.2, 0) is 17.9 Å². The second-order valence-electron chi connectivity index (χ2n) is 4.42. The van der Waals surface area contributed by atoms with Crippen molar-refractivity contribution < 1.29 is 31.1 Å². The zero-order valence-corrected chi connectivity index (χ0v) is 12.9. The second kappa shape index (κ2) is 8.96. The largest absolute Gasteiger partial charge is 1.00 e. The summed E-state index contributed by atoms with van der Waals surface area (Å²) in [5, 5.41) is 3.26. The Labute approximate surface area is 135 Å². The van der Waals surface area contributed by atoms with Gasteiger partial charge < -0.3 is 37.3 Å². The van der Waals surface area contributed by atoms with Crippen molar-refractivity contribution in [3.8, 4) is 11.5 Å². The molecule has 2 aromatic rings. The Hall–Kier alpha value is -2.18. The van der Waals surface area contributed by atoms with Crippen molar-refractivity contribution in [3.05, 3.63) is 47.9 Å². The zero-order valence-electron chi connectivity index (χ0n) is 12.2. The first-order chi connectivity index (χ1) is 10.2. The van der Waals surface area contributed by atoms with Crippen molar-refractivity contribution in [2.45, 2.75) is 13.1 Å². The van der Waals surface area contributed by atoms with Crippen LogP contribution in [0.2, 0.25) is 0 Å². The Morgan fingerprint density at radius 2 is 2.09 bits per heavy atom. The molecule has 0 unspecified atom stereocenters. The second-order valence-corrected chi connectivity index (χ2v) is 4.42. The van der Waals surface area contributed by atoms with E-state index >= 15 is 0 Å². The number of nitrogens with two attached hydrogens (primary N) is 1. The average molecular weight is 326 g/mol. The molecule has 22 heavy (non-hydrogen) atoms. The molecular weight excluding hydrogens is 308 g/mol. The molecule has 6 nitrogen and oxygen atoms in total. The summed E-state index contributed by atoms with van der Waals surface area (Å²) >= 11 is 0. The highest BCUT2D eigenvalue weighted by molar-refractivity contribution is 5.75. The number of carbonyl (C=O) groups is 1. The monoisotopic (exact) mass is 325 g/mol. The summed E-state index contributed by atoms with van der Waals surface area (Å²) in [7, 11) is 1.55. The van der Waals surface area contributed by atoms with Gasteiger partial charge in [-0.05, 0) is 29.8 Å². The van der Waals surface area contributed by atoms with Crippen LogP contribution in [-0.4, -0.2) is 19.6 Å². The summed E-state index contributed by atoms with van der Waals surface area (Å²) in [4.78, 5) is 10.7. The van der Waals surface area contributed by atoms with Crippen LogP contribution in [0.3, 0.4) is 0 Å². The minimum atomic E-state index is -0.527. The number of amides is 1. The number of hydrogen-bond acceptors (Lipinski definition) is 5. The van der Waals surface area contributed by atoms with Crippen LogP contribution in [0.1, 0.15) is 11.3 Å². The lowest BCUT2D eigenvalue weighted by atomic mass is 10.2. The number of carbonyl (C=O) groups excluding carboxylic acids is 1. The van der Waals surface area contributed by atoms with Gasteiger partial charge in [0.25, 0.3) is 5.91 Å². The van der Waals surface area contributed by atoms with Crippen LogP contribution in [0.4, 0.5) is 0 Å². The highest BCUT2D eigenvalue weighted by atomic mass is 35.5. The van der Waals surface area contributed by atoms with Crippen molar-refractivity contribution in [2.75, 3.05) is 13.7 Å². The summed E-state index contributed by atoms with van der Waals surface area (Å²) < 4.78 is 15.8. The van der Waals surface area contributed by atoms with E-state index in [9.17, 15) is 4.79 Å². The molecule has 2 rings (SSSR count). The molecule has 0 aliphatic rings. The smallest absolute Gasteiger partial charge is 0.255 e. The van der Waals surface area contributed by atoms with E-state index in [1.54, 1.807) is 19.4 Å². The van der Waals surface area contributed by atoms with E-state index in [1.807, 2.05) is 24.3 Å². The van der Waals surface area contributed by atoms with Crippen LogP contribution in [0, 0.1) is 0 Å². The first-order valence-electron chi connectivity index (χ1n) is 6.50. The lowest BCUT2D eigenvalue weighted by Gasteiger charge is -2.11. The van der Waals surface area contributed by atoms with Gasteiger partial charge in [-0.25, -0.2) is 0 Å². The minimum absolute atomic E-state index is 0. The van der Waals surface area contributed by atoms with Gasteiger partial charge in [0.2, 0.25) is 0 Å². The zero-order chi connectivity index (χ0) is 15.1. The molecular formula is C15H18ClN2O4-. The number of hydrogen-bond donors (Lipinski definition) is 2. The van der Waals surface area contributed by atoms with Gasteiger partial charge in [0.1, 0.15) is 5.76 Å². The van der Waals surface area contributed by atoms with E-state index < -0.39 is 5.91 Å². The predicted octanol–water partition coefficient (Wildman–Crippen LogP) is -1.55. The lowest BCUT2D eigenvalue weighted by Crippen LogP contribution is -3.00. The number of rotatable bonds is 8. The first kappa shape index (κ1) is 17.9. The van der Waals surface area contributed by atoms with Crippen LogP contribution in [0.25, 0.3) is 0 Å². The molecule has 7 heteroatoms. The summed E-state index contributed by atoms with van der Waals surface area (Å²) in [6.07, 6.45) is 1.64. The van der Waals surface area contributed by atoms with Gasteiger partial charge in [-0.1, -0.05) is 6.07 Å². The Balaban J connectivity index is 0.00000242. The Morgan fingerprint density at radius 3 is 2.73 bits per heavy atom. The molecule has 0 atom stereocenters. The van der Waals surface area contributed by atoms with E-state index in [2.05, 4.69) is 5.32 Å². The summed E-state index contributed by atoms with van der Waals surface area (Å²) in [6, 6.07) is 9.27. The number of primary amides is 1. The molecule has 1 amide bonds. The lowest BCUT2D eigenvalue weighted by molar-refractivity contribution is -0.119. The molecule has 3 N–H and O–H groups in total. The summed E-state index contributed by atoms with van der Waals surface area (Å²) in [5.74, 6) is 1.41. The fourth-order valence-corrected chi connectivity index (χ4v) is 1.83. The first-order valence-corrected chi connectivity index (χ1v) is 6.50. The van der Waals surface area contributed by atoms with Crippen LogP contribution < -0.4 is 32.9 Å². The molecule has 0 radical (unpaired) electrons. The third kappa shape index (κ3) is 5.31. The Bertz CT molecular complexity index is 587. The minimum Gasteiger partial charge on any atom is -1.00 e. The molecule has 1 heterocycles. The maximum absolute atomic E-state index is 10.7. The van der Waals surface area contributed by atoms with Gasteiger partial charge in [0, 0.05) is 6.54 Å². The molecule has 1 aromatic heterocycles. The predicted molar refractivity (Wildman–Crippen MR) is 76.9 cm³/mol. The standard InChI is InChI=1S/C15H18N2O4.ClH/c1-19-14-7-11(4-5-13(14)21-10-15(16)18)8-17-9-12-3-2-6-20-12;/h2-7,17H,8-10H2,1H3,(H2,16,18);1H/p-1. The third-order valence-corrected chi connectivity index (χ3v) is 2.81. The van der Waals surface area contributed by atoms with Gasteiger partial charge in [0.05, 0.1) is 19.9 Å². The topological polar surface area (TPSA) is 86.7 Å². The fourth-order valence-electron chi connectivity index (χ4n) is 1.83. The van der Waals surface area contributed by atoms with E-state index in [4.69, 9.17) is 19.6 Å². The van der Waals surface area contributed by atoms with Gasteiger partial charge in [-0.3, -0.25) is 4.79 Å². The van der Waals surface area contributed by atoms with E-state index in [-0.39, 0.29) is 19.0 Å². The van der Waals surface area contributed by atoms with Crippen LogP contribution in [0.5, 0.6) is 11.5 Å². The molecule has 0 bridgehead atoms. The maximum Gasteiger partial charge on any atom is 0.255 e. The van der Waals surface area contributed by atoms with Gasteiger partial charge in [0.15, 0.2) is 18.1 Å².